The summed E-state index contributed by atoms with van der Waals surface area (Å²) in [5, 5.41) is 4.76. The van der Waals surface area contributed by atoms with Crippen molar-refractivity contribution in [3.05, 3.63) is 0 Å². The fraction of sp³-hybridized carbons (Fsp3) is 0.900. The van der Waals surface area contributed by atoms with Crippen molar-refractivity contribution in [1.82, 2.24) is 5.32 Å². The number of hydrogen-bond donors (Lipinski definition) is 1. The van der Waals surface area contributed by atoms with E-state index in [1.165, 1.54) is 24.4 Å². The van der Waals surface area contributed by atoms with E-state index in [4.69, 9.17) is 0 Å². The molecule has 1 saturated carbocycles. The summed E-state index contributed by atoms with van der Waals surface area (Å²) in [6, 6.07) is 0.650. The Morgan fingerprint density at radius 3 is 2.92 bits per heavy atom. The van der Waals surface area contributed by atoms with Crippen LogP contribution in [0.15, 0.2) is 4.99 Å². The van der Waals surface area contributed by atoms with Crippen LogP contribution in [0.4, 0.5) is 0 Å². The summed E-state index contributed by atoms with van der Waals surface area (Å²) in [4.78, 5) is 4.43. The van der Waals surface area contributed by atoms with Gasteiger partial charge in [-0.05, 0) is 18.3 Å². The second-order valence-corrected chi connectivity index (χ2v) is 5.70. The van der Waals surface area contributed by atoms with Crippen molar-refractivity contribution in [2.24, 2.45) is 10.4 Å². The van der Waals surface area contributed by atoms with Crippen molar-refractivity contribution in [3.8, 4) is 0 Å². The highest BCUT2D eigenvalue weighted by atomic mass is 32.2. The lowest BCUT2D eigenvalue weighted by molar-refractivity contribution is 0.312. The van der Waals surface area contributed by atoms with E-state index in [1.54, 1.807) is 0 Å². The van der Waals surface area contributed by atoms with E-state index in [-0.39, 0.29) is 0 Å². The standard InChI is InChI=1S/C10H18N2S/c1-10(2)5-3-4-8(10)12-9-11-6-7-13-9/h8H,3-7H2,1-2H3,(H,11,12). The van der Waals surface area contributed by atoms with Crippen LogP contribution in [0.25, 0.3) is 0 Å². The number of hydrogen-bond acceptors (Lipinski definition) is 3. The first-order valence-electron chi connectivity index (χ1n) is 5.12. The molecular weight excluding hydrogens is 180 g/mol. The van der Waals surface area contributed by atoms with Crippen LogP contribution in [0.5, 0.6) is 0 Å². The number of amidine groups is 1. The van der Waals surface area contributed by atoms with Gasteiger partial charge < -0.3 is 5.32 Å². The minimum absolute atomic E-state index is 0.464. The van der Waals surface area contributed by atoms with Crippen molar-refractivity contribution in [1.29, 1.82) is 0 Å². The molecule has 13 heavy (non-hydrogen) atoms. The van der Waals surface area contributed by atoms with E-state index in [9.17, 15) is 0 Å². The van der Waals surface area contributed by atoms with Gasteiger partial charge in [0.15, 0.2) is 5.17 Å². The van der Waals surface area contributed by atoms with Crippen molar-refractivity contribution in [2.45, 2.75) is 39.2 Å². The molecule has 1 atom stereocenters. The Morgan fingerprint density at radius 2 is 2.38 bits per heavy atom. The van der Waals surface area contributed by atoms with E-state index >= 15 is 0 Å². The molecule has 1 fully saturated rings. The Balaban J connectivity index is 1.94. The van der Waals surface area contributed by atoms with Crippen LogP contribution in [0, 0.1) is 5.41 Å². The third kappa shape index (κ3) is 2.01. The van der Waals surface area contributed by atoms with Crippen molar-refractivity contribution in [3.63, 3.8) is 0 Å². The average molecular weight is 198 g/mol. The summed E-state index contributed by atoms with van der Waals surface area (Å²) in [6.45, 7) is 5.72. The summed E-state index contributed by atoms with van der Waals surface area (Å²) in [6.07, 6.45) is 4.03. The summed E-state index contributed by atoms with van der Waals surface area (Å²) in [7, 11) is 0. The molecule has 0 aromatic rings. The molecule has 2 rings (SSSR count). The zero-order valence-corrected chi connectivity index (χ0v) is 9.28. The van der Waals surface area contributed by atoms with Gasteiger partial charge in [-0.3, -0.25) is 4.99 Å². The van der Waals surface area contributed by atoms with Gasteiger partial charge in [-0.25, -0.2) is 0 Å². The highest BCUT2D eigenvalue weighted by Gasteiger charge is 2.35. The highest BCUT2D eigenvalue weighted by molar-refractivity contribution is 8.14. The molecule has 1 aliphatic heterocycles. The van der Waals surface area contributed by atoms with E-state index in [1.807, 2.05) is 11.8 Å². The summed E-state index contributed by atoms with van der Waals surface area (Å²) < 4.78 is 0. The van der Waals surface area contributed by atoms with Crippen molar-refractivity contribution >= 4 is 16.9 Å². The molecular formula is C10H18N2S. The largest absolute Gasteiger partial charge is 0.362 e. The van der Waals surface area contributed by atoms with E-state index < -0.39 is 0 Å². The summed E-state index contributed by atoms with van der Waals surface area (Å²) >= 11 is 1.87. The van der Waals surface area contributed by atoms with Crippen molar-refractivity contribution < 1.29 is 0 Å². The molecule has 0 amide bonds. The highest BCUT2D eigenvalue weighted by Crippen LogP contribution is 2.37. The minimum Gasteiger partial charge on any atom is -0.362 e. The third-order valence-corrected chi connectivity index (χ3v) is 4.05. The van der Waals surface area contributed by atoms with Gasteiger partial charge in [0.1, 0.15) is 0 Å². The molecule has 0 spiro atoms. The zero-order chi connectivity index (χ0) is 9.31. The Hall–Kier alpha value is -0.180. The van der Waals surface area contributed by atoms with Gasteiger partial charge in [0.25, 0.3) is 0 Å². The van der Waals surface area contributed by atoms with Gasteiger partial charge in [-0.15, -0.1) is 0 Å². The second kappa shape index (κ2) is 3.52. The Labute approximate surface area is 84.6 Å². The Bertz CT molecular complexity index is 223. The van der Waals surface area contributed by atoms with Gasteiger partial charge in [0.05, 0.1) is 6.54 Å². The van der Waals surface area contributed by atoms with Gasteiger partial charge in [-0.1, -0.05) is 32.0 Å². The van der Waals surface area contributed by atoms with Crippen LogP contribution in [-0.4, -0.2) is 23.5 Å². The average Bonchev–Trinajstić information content (AvgIpc) is 2.63. The fourth-order valence-electron chi connectivity index (χ4n) is 2.17. The van der Waals surface area contributed by atoms with Crippen LogP contribution < -0.4 is 5.32 Å². The molecule has 0 saturated heterocycles. The third-order valence-electron chi connectivity index (χ3n) is 3.14. The Kier molecular flexibility index (Phi) is 2.54. The monoisotopic (exact) mass is 198 g/mol. The topological polar surface area (TPSA) is 24.4 Å². The molecule has 0 radical (unpaired) electrons. The number of rotatable bonds is 1. The predicted octanol–water partition coefficient (Wildman–Crippen LogP) is 2.26. The molecule has 0 aromatic heterocycles. The zero-order valence-electron chi connectivity index (χ0n) is 8.47. The number of thioether (sulfide) groups is 1. The molecule has 1 aliphatic carbocycles. The maximum absolute atomic E-state index is 4.43. The molecule has 2 nitrogen and oxygen atoms in total. The maximum atomic E-state index is 4.43. The molecule has 2 aliphatic rings. The number of nitrogens with zero attached hydrogens (tertiary/aromatic N) is 1. The molecule has 0 bridgehead atoms. The normalized spacial score (nSPS) is 31.8. The number of nitrogens with one attached hydrogen (secondary N) is 1. The van der Waals surface area contributed by atoms with E-state index in [2.05, 4.69) is 24.2 Å². The minimum atomic E-state index is 0.464. The lowest BCUT2D eigenvalue weighted by Crippen LogP contribution is -2.39. The maximum Gasteiger partial charge on any atom is 0.156 e. The lowest BCUT2D eigenvalue weighted by atomic mass is 9.87. The molecule has 1 N–H and O–H groups in total. The van der Waals surface area contributed by atoms with Crippen LogP contribution in [0.1, 0.15) is 33.1 Å². The van der Waals surface area contributed by atoms with Gasteiger partial charge in [-0.2, -0.15) is 0 Å². The molecule has 74 valence electrons. The van der Waals surface area contributed by atoms with E-state index in [0.717, 1.165) is 12.3 Å². The van der Waals surface area contributed by atoms with Crippen LogP contribution in [0.2, 0.25) is 0 Å². The summed E-state index contributed by atoms with van der Waals surface area (Å²) in [5.74, 6) is 1.16. The predicted molar refractivity (Wildman–Crippen MR) is 59.3 cm³/mol. The Morgan fingerprint density at radius 1 is 1.54 bits per heavy atom. The molecule has 1 unspecified atom stereocenters. The first-order chi connectivity index (χ1) is 6.18. The molecule has 1 heterocycles. The first kappa shape index (κ1) is 9.38. The lowest BCUT2D eigenvalue weighted by Gasteiger charge is -2.28. The van der Waals surface area contributed by atoms with Crippen LogP contribution in [-0.2, 0) is 0 Å². The SMILES string of the molecule is CC1(C)CCCC1NC1=NCCS1. The summed E-state index contributed by atoms with van der Waals surface area (Å²) in [5.41, 5.74) is 0.464. The van der Waals surface area contributed by atoms with Crippen LogP contribution >= 0.6 is 11.8 Å². The smallest absolute Gasteiger partial charge is 0.156 e. The van der Waals surface area contributed by atoms with Gasteiger partial charge in [0, 0.05) is 11.8 Å². The van der Waals surface area contributed by atoms with Gasteiger partial charge >= 0.3 is 0 Å². The van der Waals surface area contributed by atoms with Crippen molar-refractivity contribution in [2.75, 3.05) is 12.3 Å². The second-order valence-electron chi connectivity index (χ2n) is 4.61. The quantitative estimate of drug-likeness (QED) is 0.699. The molecule has 0 aromatic carbocycles. The number of aliphatic imine (C=N–C) groups is 1. The van der Waals surface area contributed by atoms with E-state index in [0.29, 0.717) is 11.5 Å². The first-order valence-corrected chi connectivity index (χ1v) is 6.11. The molecule has 3 heteroatoms. The van der Waals surface area contributed by atoms with Gasteiger partial charge in [0.2, 0.25) is 0 Å². The van der Waals surface area contributed by atoms with Crippen LogP contribution in [0.3, 0.4) is 0 Å². The fourth-order valence-corrected chi connectivity index (χ4v) is 2.95.